The van der Waals surface area contributed by atoms with Gasteiger partial charge in [-0.05, 0) is 192 Å². The van der Waals surface area contributed by atoms with Gasteiger partial charge in [-0.3, -0.25) is 0 Å². The average molecular weight is 880 g/mol. The summed E-state index contributed by atoms with van der Waals surface area (Å²) < 4.78 is 2.52. The number of rotatable bonds is 10. The summed E-state index contributed by atoms with van der Waals surface area (Å²) in [6.07, 6.45) is 51.0. The van der Waals surface area contributed by atoms with Crippen LogP contribution in [0.2, 0.25) is 0 Å². The summed E-state index contributed by atoms with van der Waals surface area (Å²) in [6.45, 7) is 8.62. The van der Waals surface area contributed by atoms with Gasteiger partial charge in [-0.15, -0.1) is 0 Å². The second-order valence-electron chi connectivity index (χ2n) is 19.3. The van der Waals surface area contributed by atoms with Crippen LogP contribution in [-0.2, 0) is 6.42 Å². The topological polar surface area (TPSA) is 11.4 Å². The van der Waals surface area contributed by atoms with Gasteiger partial charge in [-0.1, -0.05) is 135 Å². The molecule has 11 rings (SSSR count). The van der Waals surface area contributed by atoms with Crippen LogP contribution in [0.3, 0.4) is 0 Å². The lowest BCUT2D eigenvalue weighted by atomic mass is 9.81. The number of para-hydroxylation sites is 2. The maximum atomic E-state index is 2.75. The summed E-state index contributed by atoms with van der Waals surface area (Å²) in [5.74, 6) is 1.09. The minimum absolute atomic E-state index is 0.157. The molecule has 0 bridgehead atoms. The summed E-state index contributed by atoms with van der Waals surface area (Å²) in [6, 6.07) is 29.2. The Balaban J connectivity index is 0.00000259. The molecule has 0 radical (unpaired) electrons. The third-order valence-corrected chi connectivity index (χ3v) is 15.2. The summed E-state index contributed by atoms with van der Waals surface area (Å²) in [7, 11) is 0. The highest BCUT2D eigenvalue weighted by Gasteiger charge is 2.33. The smallest absolute Gasteiger partial charge is 0.0582 e. The van der Waals surface area contributed by atoms with Crippen LogP contribution in [0.4, 0.5) is 0 Å². The van der Waals surface area contributed by atoms with E-state index in [-0.39, 0.29) is 6.04 Å². The van der Waals surface area contributed by atoms with E-state index in [2.05, 4.69) is 198 Å². The summed E-state index contributed by atoms with van der Waals surface area (Å²) in [4.78, 5) is 5.49. The van der Waals surface area contributed by atoms with E-state index in [1.54, 1.807) is 0 Å². The number of fused-ring (bicyclic) bond motifs is 3. The van der Waals surface area contributed by atoms with Crippen LogP contribution in [0.15, 0.2) is 209 Å². The zero-order valence-electron chi connectivity index (χ0n) is 40.4. The van der Waals surface area contributed by atoms with Crippen molar-refractivity contribution < 1.29 is 0 Å². The fourth-order valence-electron chi connectivity index (χ4n) is 11.8. The number of hydrogen-bond donors (Lipinski definition) is 0. The van der Waals surface area contributed by atoms with Gasteiger partial charge >= 0.3 is 0 Å². The first-order chi connectivity index (χ1) is 33.1. The van der Waals surface area contributed by atoms with Crippen molar-refractivity contribution in [3.63, 3.8) is 0 Å². The number of hydrogen-bond acceptors (Lipinski definition) is 2. The van der Waals surface area contributed by atoms with Crippen molar-refractivity contribution in [1.82, 2.24) is 14.4 Å². The molecular formula is C64H69N3. The monoisotopic (exact) mass is 880 g/mol. The molecule has 0 fully saturated rings. The van der Waals surface area contributed by atoms with Crippen molar-refractivity contribution in [3.8, 4) is 5.69 Å². The van der Waals surface area contributed by atoms with E-state index in [1.165, 1.54) is 103 Å². The highest BCUT2D eigenvalue weighted by atomic mass is 15.2. The Bertz CT molecular complexity index is 2880. The molecule has 4 aromatic rings. The fourth-order valence-corrected chi connectivity index (χ4v) is 11.8. The van der Waals surface area contributed by atoms with Crippen molar-refractivity contribution >= 4 is 22.6 Å². The Labute approximate surface area is 401 Å². The normalized spacial score (nSPS) is 22.3. The van der Waals surface area contributed by atoms with Crippen LogP contribution < -0.4 is 0 Å². The van der Waals surface area contributed by atoms with Crippen molar-refractivity contribution in [2.24, 2.45) is 11.8 Å². The molecule has 7 aliphatic rings. The van der Waals surface area contributed by atoms with E-state index in [0.717, 1.165) is 70.6 Å². The highest BCUT2D eigenvalue weighted by Crippen LogP contribution is 2.45. The maximum absolute atomic E-state index is 2.75. The molecule has 3 atom stereocenters. The molecule has 7 aliphatic carbocycles. The predicted molar refractivity (Wildman–Crippen MR) is 285 cm³/mol. The molecule has 0 spiro atoms. The van der Waals surface area contributed by atoms with Gasteiger partial charge in [-0.2, -0.15) is 0 Å². The van der Waals surface area contributed by atoms with Crippen molar-refractivity contribution in [3.05, 3.63) is 232 Å². The van der Waals surface area contributed by atoms with E-state index in [9.17, 15) is 0 Å². The van der Waals surface area contributed by atoms with Gasteiger partial charge in [0.05, 0.1) is 11.6 Å². The van der Waals surface area contributed by atoms with E-state index in [0.29, 0.717) is 11.8 Å². The maximum Gasteiger partial charge on any atom is 0.0582 e. The standard InChI is InChI=1S/C62H63N3.C2H6/c1-44-19-15-16-28-57(44)59-43-54(35-31-45(59)2)64(51-24-11-5-12-25-51)56-40-49(48-34-38-62-60(41-48)58-29-17-18-30-61(58)65(62)52-26-13-6-14-27-52)39-55(42-56)63(50-22-9-4-10-23-50)53-36-32-47(33-37-53)46-20-7-3-8-21-46;1-2/h3-4,6-9,13-20,22,24,26-30,32,36-37,40-43,46-47,55H,5,10-12,21,23,25,31,33-35,38-39H2,1-2H3;1-2H3. The van der Waals surface area contributed by atoms with Crippen molar-refractivity contribution in [2.45, 2.75) is 117 Å². The van der Waals surface area contributed by atoms with Crippen molar-refractivity contribution in [2.75, 3.05) is 0 Å². The third-order valence-electron chi connectivity index (χ3n) is 15.2. The first kappa shape index (κ1) is 44.5. The minimum Gasteiger partial charge on any atom is -0.338 e. The quantitative estimate of drug-likeness (QED) is 0.157. The lowest BCUT2D eigenvalue weighted by Gasteiger charge is -2.42. The van der Waals surface area contributed by atoms with Gasteiger partial charge in [0.25, 0.3) is 0 Å². The zero-order valence-corrected chi connectivity index (χ0v) is 40.4. The second-order valence-corrected chi connectivity index (χ2v) is 19.3. The largest absolute Gasteiger partial charge is 0.338 e. The molecule has 67 heavy (non-hydrogen) atoms. The molecule has 3 aromatic carbocycles. The zero-order chi connectivity index (χ0) is 45.7. The van der Waals surface area contributed by atoms with E-state index < -0.39 is 0 Å². The molecule has 3 nitrogen and oxygen atoms in total. The summed E-state index contributed by atoms with van der Waals surface area (Å²) in [5, 5.41) is 1.34. The molecule has 0 saturated heterocycles. The van der Waals surface area contributed by atoms with Gasteiger partial charge in [0, 0.05) is 50.8 Å². The van der Waals surface area contributed by atoms with Crippen LogP contribution in [0, 0.1) is 18.8 Å². The number of nitrogens with zero attached hydrogens (tertiary/aromatic N) is 3. The minimum atomic E-state index is 0.157. The van der Waals surface area contributed by atoms with Gasteiger partial charge in [0.15, 0.2) is 0 Å². The van der Waals surface area contributed by atoms with Crippen LogP contribution in [-0.4, -0.2) is 20.4 Å². The first-order valence-electron chi connectivity index (χ1n) is 25.7. The van der Waals surface area contributed by atoms with Crippen LogP contribution >= 0.6 is 0 Å². The lowest BCUT2D eigenvalue weighted by Crippen LogP contribution is -2.37. The number of aromatic nitrogens is 1. The Hall–Kier alpha value is -6.32. The van der Waals surface area contributed by atoms with E-state index in [4.69, 9.17) is 0 Å². The summed E-state index contributed by atoms with van der Waals surface area (Å²) in [5.41, 5.74) is 20.9. The number of aryl methyl sites for hydroxylation is 1. The second kappa shape index (κ2) is 20.3. The fraction of sp³-hybridized carbons (Fsp3) is 0.312. The molecule has 0 amide bonds. The molecular weight excluding hydrogens is 811 g/mol. The van der Waals surface area contributed by atoms with E-state index >= 15 is 0 Å². The lowest BCUT2D eigenvalue weighted by molar-refractivity contribution is 0.339. The summed E-state index contributed by atoms with van der Waals surface area (Å²) >= 11 is 0. The number of benzene rings is 3. The Kier molecular flexibility index (Phi) is 13.5. The SMILES string of the molecule is CC.CC1=C(c2ccccc2C)C=C(N(C2=CC(N(C3=CCC(C4C=CC=CC4)C=C3)C3=CC=CCC3)CC(C3=Cc4c(n(-c5ccccc5)c5ccccc45)CC3)=C2)C2=CCCCC2)CC1. The van der Waals surface area contributed by atoms with Crippen LogP contribution in [0.5, 0.6) is 0 Å². The number of allylic oxidation sites excluding steroid dienone is 19. The molecule has 3 heteroatoms. The Morgan fingerprint density at radius 2 is 1.45 bits per heavy atom. The first-order valence-corrected chi connectivity index (χ1v) is 25.7. The molecule has 0 aliphatic heterocycles. The highest BCUT2D eigenvalue weighted by molar-refractivity contribution is 5.94. The van der Waals surface area contributed by atoms with Gasteiger partial charge in [0.1, 0.15) is 0 Å². The van der Waals surface area contributed by atoms with Crippen molar-refractivity contribution in [1.29, 1.82) is 0 Å². The predicted octanol–water partition coefficient (Wildman–Crippen LogP) is 16.9. The third kappa shape index (κ3) is 9.10. The Morgan fingerprint density at radius 1 is 0.612 bits per heavy atom. The molecule has 340 valence electrons. The van der Waals surface area contributed by atoms with Crippen LogP contribution in [0.1, 0.15) is 120 Å². The molecule has 1 aromatic heterocycles. The molecule has 1 heterocycles. The molecule has 0 saturated carbocycles. The average Bonchev–Trinajstić information content (AvgIpc) is 3.73. The molecule has 0 N–H and O–H groups in total. The van der Waals surface area contributed by atoms with Crippen LogP contribution in [0.25, 0.3) is 28.2 Å². The molecule has 3 unspecified atom stereocenters. The van der Waals surface area contributed by atoms with Gasteiger partial charge in [-0.25, -0.2) is 0 Å². The van der Waals surface area contributed by atoms with Gasteiger partial charge in [0.2, 0.25) is 0 Å². The Morgan fingerprint density at radius 3 is 2.22 bits per heavy atom. The van der Waals surface area contributed by atoms with Gasteiger partial charge < -0.3 is 14.4 Å². The van der Waals surface area contributed by atoms with E-state index in [1.807, 2.05) is 13.8 Å².